The molecular weight excluding hydrogens is 280 g/mol. The van der Waals surface area contributed by atoms with Gasteiger partial charge in [0.1, 0.15) is 17.1 Å². The van der Waals surface area contributed by atoms with Gasteiger partial charge in [-0.3, -0.25) is 4.79 Å². The normalized spacial score (nSPS) is 30.1. The van der Waals surface area contributed by atoms with Gasteiger partial charge in [0, 0.05) is 23.6 Å². The Labute approximate surface area is 118 Å². The Balaban J connectivity index is 1.99. The zero-order valence-corrected chi connectivity index (χ0v) is 11.6. The van der Waals surface area contributed by atoms with Crippen molar-refractivity contribution in [3.05, 3.63) is 28.4 Å². The molecule has 1 aliphatic rings. The number of nitrogens with zero attached hydrogens (tertiary/aromatic N) is 1. The second-order valence-corrected chi connectivity index (χ2v) is 5.80. The summed E-state index contributed by atoms with van der Waals surface area (Å²) in [5.41, 5.74) is 1.33. The van der Waals surface area contributed by atoms with Gasteiger partial charge >= 0.3 is 0 Å². The van der Waals surface area contributed by atoms with Crippen LogP contribution < -0.4 is 10.9 Å². The molecule has 0 saturated carbocycles. The zero-order valence-electron chi connectivity index (χ0n) is 10.8. The van der Waals surface area contributed by atoms with E-state index in [4.69, 9.17) is 0 Å². The van der Waals surface area contributed by atoms with Crippen LogP contribution in [0.4, 0.5) is 0 Å². The van der Waals surface area contributed by atoms with Crippen molar-refractivity contribution in [2.24, 2.45) is 0 Å². The molecule has 108 valence electrons. The Kier molecular flexibility index (Phi) is 3.55. The van der Waals surface area contributed by atoms with Gasteiger partial charge in [0.2, 0.25) is 0 Å². The lowest BCUT2D eigenvalue weighted by Crippen LogP contribution is -2.34. The smallest absolute Gasteiger partial charge is 0.275 e. The molecule has 2 unspecified atom stereocenters. The van der Waals surface area contributed by atoms with Gasteiger partial charge in [0.25, 0.3) is 5.56 Å². The molecule has 5 N–H and O–H groups in total. The fourth-order valence-corrected chi connectivity index (χ4v) is 3.32. The molecule has 20 heavy (non-hydrogen) atoms. The molecule has 0 radical (unpaired) electrons. The van der Waals surface area contributed by atoms with Crippen LogP contribution in [0.5, 0.6) is 0 Å². The van der Waals surface area contributed by atoms with E-state index in [0.717, 1.165) is 0 Å². The third-order valence-electron chi connectivity index (χ3n) is 3.68. The summed E-state index contributed by atoms with van der Waals surface area (Å²) in [5.74, 6) is 0.699. The Morgan fingerprint density at radius 3 is 2.90 bits per heavy atom. The number of thioether (sulfide) groups is 1. The molecule has 3 rings (SSSR count). The van der Waals surface area contributed by atoms with Gasteiger partial charge < -0.3 is 25.5 Å². The van der Waals surface area contributed by atoms with Gasteiger partial charge in [-0.25, -0.2) is 4.98 Å². The monoisotopic (exact) mass is 296 g/mol. The zero-order chi connectivity index (χ0) is 14.3. The minimum absolute atomic E-state index is 0.183. The average molecular weight is 296 g/mol. The molecule has 0 spiro atoms. The summed E-state index contributed by atoms with van der Waals surface area (Å²) in [6.07, 6.45) is 3.17. The number of aliphatic hydroxyl groups excluding tert-OH is 2. The number of nitrogens with one attached hydrogen (secondary N) is 3. The number of hydrogen-bond donors (Lipinski definition) is 5. The maximum Gasteiger partial charge on any atom is 0.275 e. The summed E-state index contributed by atoms with van der Waals surface area (Å²) in [5, 5.41) is 23.5. The van der Waals surface area contributed by atoms with Crippen molar-refractivity contribution in [3.8, 4) is 0 Å². The van der Waals surface area contributed by atoms with E-state index in [1.54, 1.807) is 18.0 Å². The first kappa shape index (κ1) is 13.6. The van der Waals surface area contributed by atoms with Crippen LogP contribution in [0.1, 0.15) is 11.6 Å². The molecule has 4 atom stereocenters. The number of hydrogen-bond acceptors (Lipinski definition) is 6. The first-order valence-electron chi connectivity index (χ1n) is 6.29. The van der Waals surface area contributed by atoms with Crippen LogP contribution >= 0.6 is 11.8 Å². The van der Waals surface area contributed by atoms with E-state index in [2.05, 4.69) is 20.3 Å². The van der Waals surface area contributed by atoms with Crippen molar-refractivity contribution in [2.45, 2.75) is 24.3 Å². The summed E-state index contributed by atoms with van der Waals surface area (Å²) < 4.78 is 0. The van der Waals surface area contributed by atoms with E-state index in [1.807, 2.05) is 6.26 Å². The predicted molar refractivity (Wildman–Crippen MR) is 76.8 cm³/mol. The Morgan fingerprint density at radius 1 is 1.35 bits per heavy atom. The van der Waals surface area contributed by atoms with Crippen LogP contribution in [0.25, 0.3) is 11.0 Å². The molecule has 1 saturated heterocycles. The molecule has 1 aliphatic heterocycles. The van der Waals surface area contributed by atoms with Crippen molar-refractivity contribution in [2.75, 3.05) is 12.0 Å². The Hall–Kier alpha value is -1.35. The quantitative estimate of drug-likeness (QED) is 0.514. The Morgan fingerprint density at radius 2 is 2.15 bits per heavy atom. The van der Waals surface area contributed by atoms with Gasteiger partial charge in [-0.15, -0.1) is 0 Å². The molecule has 0 aliphatic carbocycles. The molecule has 0 amide bonds. The lowest BCUT2D eigenvalue weighted by molar-refractivity contribution is 0.0308. The minimum atomic E-state index is -0.924. The highest BCUT2D eigenvalue weighted by atomic mass is 32.2. The number of H-pyrrole nitrogens is 2. The maximum atomic E-state index is 11.7. The maximum absolute atomic E-state index is 11.7. The van der Waals surface area contributed by atoms with E-state index in [0.29, 0.717) is 22.3 Å². The van der Waals surface area contributed by atoms with Crippen molar-refractivity contribution < 1.29 is 10.2 Å². The largest absolute Gasteiger partial charge is 0.389 e. The number of rotatable bonds is 3. The third-order valence-corrected chi connectivity index (χ3v) is 4.37. The van der Waals surface area contributed by atoms with Gasteiger partial charge in [-0.1, -0.05) is 0 Å². The fraction of sp³-hybridized carbons (Fsp3) is 0.500. The number of aromatic nitrogens is 3. The summed E-state index contributed by atoms with van der Waals surface area (Å²) in [6, 6.07) is -0.623. The number of fused-ring (bicyclic) bond motifs is 1. The van der Waals surface area contributed by atoms with Gasteiger partial charge in [0.05, 0.1) is 18.5 Å². The van der Waals surface area contributed by atoms with E-state index in [9.17, 15) is 15.0 Å². The second-order valence-electron chi connectivity index (χ2n) is 4.89. The van der Waals surface area contributed by atoms with Crippen LogP contribution in [-0.2, 0) is 0 Å². The van der Waals surface area contributed by atoms with Crippen LogP contribution in [0, 0.1) is 0 Å². The van der Waals surface area contributed by atoms with Crippen molar-refractivity contribution >= 4 is 22.8 Å². The first-order valence-corrected chi connectivity index (χ1v) is 7.68. The van der Waals surface area contributed by atoms with Crippen LogP contribution in [0.15, 0.2) is 17.3 Å². The van der Waals surface area contributed by atoms with Crippen LogP contribution in [0.3, 0.4) is 0 Å². The molecule has 2 aromatic heterocycles. The van der Waals surface area contributed by atoms with Crippen molar-refractivity contribution in [3.63, 3.8) is 0 Å². The summed E-state index contributed by atoms with van der Waals surface area (Å²) >= 11 is 1.60. The highest BCUT2D eigenvalue weighted by molar-refractivity contribution is 7.98. The average Bonchev–Trinajstić information content (AvgIpc) is 2.97. The highest BCUT2D eigenvalue weighted by Gasteiger charge is 2.42. The molecule has 1 fully saturated rings. The molecule has 7 nitrogen and oxygen atoms in total. The third kappa shape index (κ3) is 2.05. The van der Waals surface area contributed by atoms with E-state index in [-0.39, 0.29) is 11.6 Å². The predicted octanol–water partition coefficient (Wildman–Crippen LogP) is -0.651. The van der Waals surface area contributed by atoms with Crippen LogP contribution in [-0.4, -0.2) is 55.4 Å². The molecule has 2 aromatic rings. The molecular formula is C12H16N4O3S. The van der Waals surface area contributed by atoms with Gasteiger partial charge in [-0.05, 0) is 6.26 Å². The Bertz CT molecular complexity index is 670. The number of aromatic amines is 2. The van der Waals surface area contributed by atoms with Gasteiger partial charge in [-0.2, -0.15) is 11.8 Å². The van der Waals surface area contributed by atoms with Crippen molar-refractivity contribution in [1.82, 2.24) is 20.3 Å². The molecule has 8 heteroatoms. The molecule has 3 heterocycles. The summed E-state index contributed by atoms with van der Waals surface area (Å²) in [4.78, 5) is 21.2. The minimum Gasteiger partial charge on any atom is -0.389 e. The van der Waals surface area contributed by atoms with Crippen LogP contribution in [0.2, 0.25) is 0 Å². The van der Waals surface area contributed by atoms with Crippen molar-refractivity contribution in [1.29, 1.82) is 0 Å². The highest BCUT2D eigenvalue weighted by Crippen LogP contribution is 2.31. The topological polar surface area (TPSA) is 114 Å². The van der Waals surface area contributed by atoms with E-state index >= 15 is 0 Å². The number of aliphatic hydroxyl groups is 2. The fourth-order valence-electron chi connectivity index (χ4n) is 2.67. The summed E-state index contributed by atoms with van der Waals surface area (Å²) in [6.45, 7) is 0. The molecule has 0 aromatic carbocycles. The summed E-state index contributed by atoms with van der Waals surface area (Å²) in [7, 11) is 0. The van der Waals surface area contributed by atoms with Gasteiger partial charge in [0.15, 0.2) is 0 Å². The first-order chi connectivity index (χ1) is 9.63. The lowest BCUT2D eigenvalue weighted by atomic mass is 10.0. The van der Waals surface area contributed by atoms with E-state index in [1.165, 1.54) is 6.33 Å². The lowest BCUT2D eigenvalue weighted by Gasteiger charge is -2.14. The van der Waals surface area contributed by atoms with E-state index < -0.39 is 18.2 Å². The standard InChI is InChI=1S/C12H16N4O3S/c1-20-3-6-10(17)11(18)8(16-6)5-2-13-9-7(5)14-4-15-12(9)19/h2,4,6,8,10-11,13,16-18H,3H2,1H3,(H,14,15,19)/t6-,8+,10?,11?/m1/s1. The SMILES string of the molecule is CSC[C@H]1N[C@@H](c2c[nH]c3c(=O)[nH]cnc23)C(O)C1O. The second kappa shape index (κ2) is 5.21. The molecule has 0 bridgehead atoms.